The number of aromatic nitrogens is 1. The first-order valence-electron chi connectivity index (χ1n) is 9.93. The van der Waals surface area contributed by atoms with E-state index in [1.165, 1.54) is 0 Å². The lowest BCUT2D eigenvalue weighted by atomic mass is 10.1. The molecule has 0 fully saturated rings. The van der Waals surface area contributed by atoms with Crippen molar-refractivity contribution < 1.29 is 9.47 Å². The maximum atomic E-state index is 6.08. The standard InChI is InChI=1S/C25H24N2O2S/c26-12-11-25-27-24(18-30-25)21-13-22(28-16-19-7-3-1-4-8-19)15-23(14-21)29-17-20-9-5-2-6-10-20/h1-10,13-15,18H,11-12,16-17,26H2. The van der Waals surface area contributed by atoms with Gasteiger partial charge in [0.15, 0.2) is 0 Å². The quantitative estimate of drug-likeness (QED) is 0.393. The summed E-state index contributed by atoms with van der Waals surface area (Å²) in [7, 11) is 0. The number of nitrogens with zero attached hydrogens (tertiary/aromatic N) is 1. The van der Waals surface area contributed by atoms with Crippen LogP contribution in [-0.4, -0.2) is 11.5 Å². The summed E-state index contributed by atoms with van der Waals surface area (Å²) < 4.78 is 12.2. The molecular formula is C25H24N2O2S. The smallest absolute Gasteiger partial charge is 0.124 e. The van der Waals surface area contributed by atoms with Gasteiger partial charge in [-0.15, -0.1) is 11.3 Å². The molecule has 0 atom stereocenters. The highest BCUT2D eigenvalue weighted by Gasteiger charge is 2.10. The third kappa shape index (κ3) is 5.47. The molecule has 0 aliphatic carbocycles. The van der Waals surface area contributed by atoms with Crippen LogP contribution in [0.5, 0.6) is 11.5 Å². The maximum absolute atomic E-state index is 6.08. The van der Waals surface area contributed by atoms with Gasteiger partial charge in [0.25, 0.3) is 0 Å². The van der Waals surface area contributed by atoms with E-state index in [0.29, 0.717) is 19.8 Å². The summed E-state index contributed by atoms with van der Waals surface area (Å²) in [5, 5.41) is 3.09. The molecular weight excluding hydrogens is 392 g/mol. The van der Waals surface area contributed by atoms with Crippen LogP contribution in [0.3, 0.4) is 0 Å². The van der Waals surface area contributed by atoms with Crippen LogP contribution in [0.2, 0.25) is 0 Å². The Morgan fingerprint density at radius 1 is 0.767 bits per heavy atom. The van der Waals surface area contributed by atoms with Gasteiger partial charge in [0.2, 0.25) is 0 Å². The summed E-state index contributed by atoms with van der Waals surface area (Å²) in [6.07, 6.45) is 0.784. The minimum absolute atomic E-state index is 0.498. The van der Waals surface area contributed by atoms with Crippen LogP contribution < -0.4 is 15.2 Å². The Morgan fingerprint density at radius 2 is 1.33 bits per heavy atom. The Kier molecular flexibility index (Phi) is 6.75. The molecule has 2 N–H and O–H groups in total. The van der Waals surface area contributed by atoms with Crippen molar-refractivity contribution in [2.75, 3.05) is 6.54 Å². The van der Waals surface area contributed by atoms with Gasteiger partial charge >= 0.3 is 0 Å². The minimum Gasteiger partial charge on any atom is -0.489 e. The van der Waals surface area contributed by atoms with Gasteiger partial charge < -0.3 is 15.2 Å². The first-order valence-corrected chi connectivity index (χ1v) is 10.8. The van der Waals surface area contributed by atoms with Crippen LogP contribution in [0.25, 0.3) is 11.3 Å². The van der Waals surface area contributed by atoms with Gasteiger partial charge in [-0.05, 0) is 29.8 Å². The molecule has 0 saturated heterocycles. The number of ether oxygens (including phenoxy) is 2. The van der Waals surface area contributed by atoms with Crippen LogP contribution in [0, 0.1) is 0 Å². The number of nitrogens with two attached hydrogens (primary N) is 1. The molecule has 0 radical (unpaired) electrons. The topological polar surface area (TPSA) is 57.4 Å². The van der Waals surface area contributed by atoms with Gasteiger partial charge in [0, 0.05) is 23.4 Å². The third-order valence-corrected chi connectivity index (χ3v) is 5.49. The van der Waals surface area contributed by atoms with Crippen molar-refractivity contribution in [3.05, 3.63) is 100 Å². The van der Waals surface area contributed by atoms with Crippen LogP contribution >= 0.6 is 11.3 Å². The molecule has 1 aromatic heterocycles. The van der Waals surface area contributed by atoms with Gasteiger partial charge in [0.05, 0.1) is 10.7 Å². The third-order valence-electron chi connectivity index (χ3n) is 4.58. The van der Waals surface area contributed by atoms with E-state index in [4.69, 9.17) is 20.2 Å². The fourth-order valence-electron chi connectivity index (χ4n) is 3.05. The zero-order valence-corrected chi connectivity index (χ0v) is 17.5. The van der Waals surface area contributed by atoms with E-state index in [2.05, 4.69) is 29.6 Å². The monoisotopic (exact) mass is 416 g/mol. The Balaban J connectivity index is 1.57. The largest absolute Gasteiger partial charge is 0.489 e. The molecule has 0 bridgehead atoms. The molecule has 0 spiro atoms. The van der Waals surface area contributed by atoms with Gasteiger partial charge in [-0.2, -0.15) is 0 Å². The Bertz CT molecular complexity index is 1000. The second kappa shape index (κ2) is 10.1. The molecule has 4 rings (SSSR count). The van der Waals surface area contributed by atoms with Gasteiger partial charge in [-0.3, -0.25) is 0 Å². The van der Waals surface area contributed by atoms with Gasteiger partial charge in [0.1, 0.15) is 24.7 Å². The highest BCUT2D eigenvalue weighted by molar-refractivity contribution is 7.09. The molecule has 0 unspecified atom stereocenters. The number of thiazole rings is 1. The number of benzene rings is 3. The van der Waals surface area contributed by atoms with Crippen molar-refractivity contribution >= 4 is 11.3 Å². The summed E-state index contributed by atoms with van der Waals surface area (Å²) >= 11 is 1.63. The summed E-state index contributed by atoms with van der Waals surface area (Å²) in [5.74, 6) is 1.51. The molecule has 152 valence electrons. The predicted octanol–water partition coefficient (Wildman–Crippen LogP) is 5.47. The van der Waals surface area contributed by atoms with E-state index in [1.54, 1.807) is 11.3 Å². The van der Waals surface area contributed by atoms with Crippen LogP contribution in [0.4, 0.5) is 0 Å². The van der Waals surface area contributed by atoms with Crippen molar-refractivity contribution in [2.24, 2.45) is 5.73 Å². The van der Waals surface area contributed by atoms with Crippen LogP contribution in [0.15, 0.2) is 84.2 Å². The fraction of sp³-hybridized carbons (Fsp3) is 0.160. The zero-order valence-electron chi connectivity index (χ0n) is 16.7. The zero-order chi connectivity index (χ0) is 20.6. The first-order chi connectivity index (χ1) is 14.8. The Morgan fingerprint density at radius 3 is 1.87 bits per heavy atom. The van der Waals surface area contributed by atoms with E-state index < -0.39 is 0 Å². The van der Waals surface area contributed by atoms with E-state index >= 15 is 0 Å². The van der Waals surface area contributed by atoms with Crippen molar-refractivity contribution in [1.29, 1.82) is 0 Å². The number of hydrogen-bond donors (Lipinski definition) is 1. The van der Waals surface area contributed by atoms with E-state index in [-0.39, 0.29) is 0 Å². The Labute approximate surface area is 180 Å². The SMILES string of the molecule is NCCc1nc(-c2cc(OCc3ccccc3)cc(OCc3ccccc3)c2)cs1. The summed E-state index contributed by atoms with van der Waals surface area (Å²) in [5.41, 5.74) is 9.80. The summed E-state index contributed by atoms with van der Waals surface area (Å²) in [4.78, 5) is 4.72. The lowest BCUT2D eigenvalue weighted by Crippen LogP contribution is -2.02. The average Bonchev–Trinajstić information content (AvgIpc) is 3.27. The normalized spacial score (nSPS) is 10.7. The second-order valence-corrected chi connectivity index (χ2v) is 7.85. The van der Waals surface area contributed by atoms with Crippen LogP contribution in [-0.2, 0) is 19.6 Å². The molecule has 0 saturated carbocycles. The lowest BCUT2D eigenvalue weighted by Gasteiger charge is -2.12. The second-order valence-electron chi connectivity index (χ2n) is 6.91. The summed E-state index contributed by atoms with van der Waals surface area (Å²) in [6, 6.07) is 26.2. The van der Waals surface area contributed by atoms with E-state index in [9.17, 15) is 0 Å². The molecule has 4 nitrogen and oxygen atoms in total. The number of hydrogen-bond acceptors (Lipinski definition) is 5. The molecule has 30 heavy (non-hydrogen) atoms. The van der Waals surface area contributed by atoms with E-state index in [1.807, 2.05) is 54.6 Å². The highest BCUT2D eigenvalue weighted by atomic mass is 32.1. The number of rotatable bonds is 9. The molecule has 5 heteroatoms. The van der Waals surface area contributed by atoms with Crippen LogP contribution in [0.1, 0.15) is 16.1 Å². The maximum Gasteiger partial charge on any atom is 0.124 e. The molecule has 0 aliphatic heterocycles. The molecule has 0 aliphatic rings. The first kappa shape index (κ1) is 20.1. The predicted molar refractivity (Wildman–Crippen MR) is 122 cm³/mol. The van der Waals surface area contributed by atoms with Crippen molar-refractivity contribution in [3.63, 3.8) is 0 Å². The average molecular weight is 417 g/mol. The fourth-order valence-corrected chi connectivity index (χ4v) is 3.87. The van der Waals surface area contributed by atoms with E-state index in [0.717, 1.165) is 45.3 Å². The van der Waals surface area contributed by atoms with Gasteiger partial charge in [-0.25, -0.2) is 4.98 Å². The highest BCUT2D eigenvalue weighted by Crippen LogP contribution is 2.31. The van der Waals surface area contributed by atoms with Crippen molar-refractivity contribution in [3.8, 4) is 22.8 Å². The van der Waals surface area contributed by atoms with Gasteiger partial charge in [-0.1, -0.05) is 60.7 Å². The molecule has 4 aromatic rings. The minimum atomic E-state index is 0.498. The summed E-state index contributed by atoms with van der Waals surface area (Å²) in [6.45, 7) is 1.59. The lowest BCUT2D eigenvalue weighted by molar-refractivity contribution is 0.290. The Hall–Kier alpha value is -3.15. The van der Waals surface area contributed by atoms with Crippen molar-refractivity contribution in [2.45, 2.75) is 19.6 Å². The molecule has 3 aromatic carbocycles. The molecule has 0 amide bonds. The molecule has 1 heterocycles. The van der Waals surface area contributed by atoms with Crippen molar-refractivity contribution in [1.82, 2.24) is 4.98 Å².